The number of methoxy groups -OCH3 is 1. The zero-order chi connectivity index (χ0) is 14.7. The molecular weight excluding hydrogens is 286 g/mol. The van der Waals surface area contributed by atoms with E-state index in [2.05, 4.69) is 20.0 Å². The summed E-state index contributed by atoms with van der Waals surface area (Å²) in [5.41, 5.74) is 2.60. The third-order valence-corrected chi connectivity index (χ3v) is 3.77. The van der Waals surface area contributed by atoms with Gasteiger partial charge in [0.1, 0.15) is 0 Å². The highest BCUT2D eigenvalue weighted by Gasteiger charge is 2.08. The van der Waals surface area contributed by atoms with Gasteiger partial charge in [0.15, 0.2) is 5.13 Å². The fraction of sp³-hybridized carbons (Fsp3) is 0.133. The van der Waals surface area contributed by atoms with Crippen LogP contribution in [0.4, 0.5) is 10.8 Å². The summed E-state index contributed by atoms with van der Waals surface area (Å²) in [6.45, 7) is 0. The van der Waals surface area contributed by atoms with Crippen molar-refractivity contribution in [3.8, 4) is 0 Å². The first-order chi connectivity index (χ1) is 10.2. The molecule has 2 heterocycles. The second-order valence-corrected chi connectivity index (χ2v) is 5.29. The highest BCUT2D eigenvalue weighted by molar-refractivity contribution is 7.13. The zero-order valence-corrected chi connectivity index (χ0v) is 12.2. The van der Waals surface area contributed by atoms with Gasteiger partial charge in [-0.25, -0.2) is 4.98 Å². The number of nitrogens with zero attached hydrogens (tertiary/aromatic N) is 2. The first kappa shape index (κ1) is 13.5. The number of hydrogen-bond acceptors (Lipinski definition) is 6. The van der Waals surface area contributed by atoms with Crippen LogP contribution < -0.4 is 5.32 Å². The van der Waals surface area contributed by atoms with Crippen molar-refractivity contribution in [3.05, 3.63) is 47.6 Å². The van der Waals surface area contributed by atoms with Crippen molar-refractivity contribution in [3.63, 3.8) is 0 Å². The van der Waals surface area contributed by atoms with Crippen molar-refractivity contribution >= 4 is 39.0 Å². The normalized spacial score (nSPS) is 10.5. The van der Waals surface area contributed by atoms with Crippen LogP contribution >= 0.6 is 11.3 Å². The van der Waals surface area contributed by atoms with E-state index in [0.717, 1.165) is 21.7 Å². The molecule has 0 amide bonds. The Kier molecular flexibility index (Phi) is 3.79. The summed E-state index contributed by atoms with van der Waals surface area (Å²) in [7, 11) is 1.37. The molecule has 3 rings (SSSR count). The molecule has 0 aliphatic rings. The Balaban J connectivity index is 1.77. The highest BCUT2D eigenvalue weighted by Crippen LogP contribution is 2.23. The molecule has 0 bridgehead atoms. The molecule has 1 aromatic carbocycles. The molecule has 0 radical (unpaired) electrons. The molecule has 2 aromatic heterocycles. The largest absolute Gasteiger partial charge is 0.469 e. The molecule has 0 spiro atoms. The Morgan fingerprint density at radius 2 is 2.29 bits per heavy atom. The van der Waals surface area contributed by atoms with E-state index in [-0.39, 0.29) is 12.4 Å². The number of carbonyl (C=O) groups excluding carboxylic acids is 1. The minimum atomic E-state index is -0.288. The summed E-state index contributed by atoms with van der Waals surface area (Å²) < 4.78 is 4.63. The van der Waals surface area contributed by atoms with Crippen LogP contribution in [-0.4, -0.2) is 23.0 Å². The molecule has 6 heteroatoms. The number of ether oxygens (including phenoxy) is 1. The topological polar surface area (TPSA) is 64.1 Å². The monoisotopic (exact) mass is 299 g/mol. The van der Waals surface area contributed by atoms with Crippen molar-refractivity contribution in [2.45, 2.75) is 6.42 Å². The van der Waals surface area contributed by atoms with Crippen molar-refractivity contribution in [1.29, 1.82) is 0 Å². The minimum absolute atomic E-state index is 0.191. The van der Waals surface area contributed by atoms with Crippen LogP contribution in [0.2, 0.25) is 0 Å². The third kappa shape index (κ3) is 3.17. The van der Waals surface area contributed by atoms with E-state index in [9.17, 15) is 4.79 Å². The van der Waals surface area contributed by atoms with Gasteiger partial charge in [-0.15, -0.1) is 11.3 Å². The number of fused-ring (bicyclic) bond motifs is 1. The molecule has 0 saturated heterocycles. The lowest BCUT2D eigenvalue weighted by Gasteiger charge is -2.04. The molecule has 5 nitrogen and oxygen atoms in total. The number of carbonyl (C=O) groups is 1. The number of pyridine rings is 1. The fourth-order valence-electron chi connectivity index (χ4n) is 1.94. The molecule has 0 atom stereocenters. The van der Waals surface area contributed by atoms with Crippen LogP contribution in [0, 0.1) is 0 Å². The molecule has 0 fully saturated rings. The Labute approximate surface area is 125 Å². The Bertz CT molecular complexity index is 785. The van der Waals surface area contributed by atoms with Crippen LogP contribution in [0.15, 0.2) is 41.9 Å². The van der Waals surface area contributed by atoms with Gasteiger partial charge in [0, 0.05) is 22.7 Å². The summed E-state index contributed by atoms with van der Waals surface area (Å²) >= 11 is 1.46. The number of nitrogens with one attached hydrogen (secondary N) is 1. The van der Waals surface area contributed by atoms with E-state index >= 15 is 0 Å². The minimum Gasteiger partial charge on any atom is -0.469 e. The number of anilines is 2. The summed E-state index contributed by atoms with van der Waals surface area (Å²) in [6, 6.07) is 9.85. The van der Waals surface area contributed by atoms with E-state index in [0.29, 0.717) is 5.69 Å². The molecule has 21 heavy (non-hydrogen) atoms. The number of esters is 1. The second-order valence-electron chi connectivity index (χ2n) is 4.43. The van der Waals surface area contributed by atoms with Crippen molar-refractivity contribution in [2.24, 2.45) is 0 Å². The van der Waals surface area contributed by atoms with Gasteiger partial charge in [0.25, 0.3) is 0 Å². The molecule has 3 aromatic rings. The smallest absolute Gasteiger partial charge is 0.311 e. The van der Waals surface area contributed by atoms with E-state index in [4.69, 9.17) is 0 Å². The average molecular weight is 299 g/mol. The lowest BCUT2D eigenvalue weighted by atomic mass is 10.2. The van der Waals surface area contributed by atoms with Crippen LogP contribution in [0.3, 0.4) is 0 Å². The number of thiazole rings is 1. The van der Waals surface area contributed by atoms with Gasteiger partial charge in [-0.3, -0.25) is 9.78 Å². The quantitative estimate of drug-likeness (QED) is 0.750. The van der Waals surface area contributed by atoms with E-state index in [1.54, 1.807) is 6.20 Å². The Hall–Kier alpha value is -2.47. The molecule has 0 aliphatic carbocycles. The highest BCUT2D eigenvalue weighted by atomic mass is 32.1. The van der Waals surface area contributed by atoms with Gasteiger partial charge in [-0.05, 0) is 24.3 Å². The maximum atomic E-state index is 11.2. The van der Waals surface area contributed by atoms with Gasteiger partial charge in [-0.2, -0.15) is 0 Å². The molecule has 0 saturated carbocycles. The van der Waals surface area contributed by atoms with Gasteiger partial charge in [0.2, 0.25) is 0 Å². The number of hydrogen-bond donors (Lipinski definition) is 1. The van der Waals surface area contributed by atoms with Crippen LogP contribution in [-0.2, 0) is 16.0 Å². The van der Waals surface area contributed by atoms with Gasteiger partial charge in [0.05, 0.1) is 24.7 Å². The van der Waals surface area contributed by atoms with E-state index < -0.39 is 0 Å². The summed E-state index contributed by atoms with van der Waals surface area (Å²) in [5, 5.41) is 6.90. The first-order valence-electron chi connectivity index (χ1n) is 6.37. The lowest BCUT2D eigenvalue weighted by Crippen LogP contribution is -2.04. The van der Waals surface area contributed by atoms with Crippen molar-refractivity contribution in [2.75, 3.05) is 12.4 Å². The van der Waals surface area contributed by atoms with Gasteiger partial charge < -0.3 is 10.1 Å². The maximum Gasteiger partial charge on any atom is 0.311 e. The van der Waals surface area contributed by atoms with Crippen LogP contribution in [0.5, 0.6) is 0 Å². The SMILES string of the molecule is COC(=O)Cc1csc(Nc2ccc3ncccc3c2)n1. The van der Waals surface area contributed by atoms with Crippen molar-refractivity contribution in [1.82, 2.24) is 9.97 Å². The Morgan fingerprint density at radius 3 is 3.14 bits per heavy atom. The Morgan fingerprint density at radius 1 is 1.38 bits per heavy atom. The number of benzene rings is 1. The van der Waals surface area contributed by atoms with E-state index in [1.165, 1.54) is 18.4 Å². The first-order valence-corrected chi connectivity index (χ1v) is 7.25. The predicted molar refractivity (Wildman–Crippen MR) is 82.9 cm³/mol. The van der Waals surface area contributed by atoms with Crippen LogP contribution in [0.25, 0.3) is 10.9 Å². The standard InChI is InChI=1S/C15H13N3O2S/c1-20-14(19)8-12-9-21-15(18-12)17-11-4-5-13-10(7-11)3-2-6-16-13/h2-7,9H,8H2,1H3,(H,17,18). The second kappa shape index (κ2) is 5.88. The average Bonchev–Trinajstić information content (AvgIpc) is 2.94. The van der Waals surface area contributed by atoms with E-state index in [1.807, 2.05) is 35.7 Å². The van der Waals surface area contributed by atoms with Crippen molar-refractivity contribution < 1.29 is 9.53 Å². The maximum absolute atomic E-state index is 11.2. The fourth-order valence-corrected chi connectivity index (χ4v) is 2.67. The van der Waals surface area contributed by atoms with Gasteiger partial charge >= 0.3 is 5.97 Å². The summed E-state index contributed by atoms with van der Waals surface area (Å²) in [6.07, 6.45) is 1.96. The number of aromatic nitrogens is 2. The van der Waals surface area contributed by atoms with Crippen LogP contribution in [0.1, 0.15) is 5.69 Å². The zero-order valence-electron chi connectivity index (χ0n) is 11.4. The molecular formula is C15H13N3O2S. The molecule has 1 N–H and O–H groups in total. The number of rotatable bonds is 4. The summed E-state index contributed by atoms with van der Waals surface area (Å²) in [4.78, 5) is 19.9. The molecule has 0 aliphatic heterocycles. The predicted octanol–water partition coefficient (Wildman–Crippen LogP) is 3.15. The van der Waals surface area contributed by atoms with Gasteiger partial charge in [-0.1, -0.05) is 6.07 Å². The molecule has 0 unspecified atom stereocenters. The lowest BCUT2D eigenvalue weighted by molar-refractivity contribution is -0.139. The third-order valence-electron chi connectivity index (χ3n) is 2.96. The molecule has 106 valence electrons. The summed E-state index contributed by atoms with van der Waals surface area (Å²) in [5.74, 6) is -0.288.